The first-order chi connectivity index (χ1) is 23.4. The van der Waals surface area contributed by atoms with Crippen LogP contribution in [0.15, 0.2) is 54.9 Å². The SMILES string of the molecule is COCCCn1c(C2CCCN(C(=O)C[C@@H](Cc3ccc(NC(=O)c4cn[nH]c4)cc3)NC(=O)OC(C)(C)C)C2)c(C)c2cccc(F)c21. The first-order valence-corrected chi connectivity index (χ1v) is 16.9. The molecule has 3 amide bonds. The minimum absolute atomic E-state index is 0.0362. The summed E-state index contributed by atoms with van der Waals surface area (Å²) in [5.41, 5.74) is 3.91. The summed E-state index contributed by atoms with van der Waals surface area (Å²) in [6, 6.07) is 12.0. The molecule has 0 bridgehead atoms. The van der Waals surface area contributed by atoms with Crippen molar-refractivity contribution in [1.29, 1.82) is 0 Å². The van der Waals surface area contributed by atoms with Gasteiger partial charge in [-0.15, -0.1) is 0 Å². The van der Waals surface area contributed by atoms with Gasteiger partial charge in [0.2, 0.25) is 5.91 Å². The van der Waals surface area contributed by atoms with E-state index in [1.54, 1.807) is 46.1 Å². The van der Waals surface area contributed by atoms with Crippen LogP contribution in [0.4, 0.5) is 14.9 Å². The molecule has 3 N–H and O–H groups in total. The minimum Gasteiger partial charge on any atom is -0.444 e. The van der Waals surface area contributed by atoms with Gasteiger partial charge in [-0.2, -0.15) is 5.10 Å². The standard InChI is InChI=1S/C37H47FN6O5/c1-24-30-10-6-11-31(38)34(30)44(17-8-18-48-5)33(24)26-9-7-16-43(23-26)32(45)20-29(42-36(47)49-37(2,3)4)19-25-12-14-28(15-13-25)41-35(46)27-21-39-40-22-27/h6,10-15,21-22,26,29H,7-9,16-20,23H2,1-5H3,(H,39,40)(H,41,46)(H,42,47)/t26?,29-/m1/s1. The summed E-state index contributed by atoms with van der Waals surface area (Å²) in [6.45, 7) is 9.71. The van der Waals surface area contributed by atoms with Crippen LogP contribution in [0, 0.1) is 12.7 Å². The normalized spacial score (nSPS) is 15.6. The number of nitrogens with one attached hydrogen (secondary N) is 3. The number of carbonyl (C=O) groups excluding carboxylic acids is 3. The highest BCUT2D eigenvalue weighted by atomic mass is 19.1. The maximum absolute atomic E-state index is 15.2. The van der Waals surface area contributed by atoms with E-state index in [1.807, 2.05) is 30.0 Å². The Morgan fingerprint density at radius 2 is 1.92 bits per heavy atom. The summed E-state index contributed by atoms with van der Waals surface area (Å²) < 4.78 is 28.1. The highest BCUT2D eigenvalue weighted by molar-refractivity contribution is 6.03. The predicted octanol–water partition coefficient (Wildman–Crippen LogP) is 6.33. The van der Waals surface area contributed by atoms with Crippen molar-refractivity contribution in [2.24, 2.45) is 0 Å². The predicted molar refractivity (Wildman–Crippen MR) is 186 cm³/mol. The number of nitrogens with zero attached hydrogens (tertiary/aromatic N) is 3. The van der Waals surface area contributed by atoms with E-state index in [-0.39, 0.29) is 30.0 Å². The molecule has 5 rings (SSSR count). The van der Waals surface area contributed by atoms with Gasteiger partial charge in [-0.1, -0.05) is 24.3 Å². The number of aromatic amines is 1. The number of H-pyrrole nitrogens is 1. The van der Waals surface area contributed by atoms with Crippen molar-refractivity contribution in [1.82, 2.24) is 25.0 Å². The molecule has 2 atom stereocenters. The molecular weight excluding hydrogens is 627 g/mol. The number of aryl methyl sites for hydroxylation is 2. The van der Waals surface area contributed by atoms with E-state index in [4.69, 9.17) is 9.47 Å². The molecule has 12 heteroatoms. The van der Waals surface area contributed by atoms with Crippen LogP contribution in [0.2, 0.25) is 0 Å². The Balaban J connectivity index is 1.32. The lowest BCUT2D eigenvalue weighted by atomic mass is 9.91. The fourth-order valence-corrected chi connectivity index (χ4v) is 6.68. The lowest BCUT2D eigenvalue weighted by Crippen LogP contribution is -2.46. The first kappa shape index (κ1) is 35.6. The molecule has 0 aliphatic carbocycles. The Hall–Kier alpha value is -4.71. The van der Waals surface area contributed by atoms with Crippen molar-refractivity contribution in [2.45, 2.75) is 83.9 Å². The Labute approximate surface area is 286 Å². The number of para-hydroxylation sites is 1. The smallest absolute Gasteiger partial charge is 0.407 e. The summed E-state index contributed by atoms with van der Waals surface area (Å²) in [7, 11) is 1.66. The van der Waals surface area contributed by atoms with E-state index in [9.17, 15) is 14.4 Å². The second-order valence-corrected chi connectivity index (χ2v) is 13.7. The summed E-state index contributed by atoms with van der Waals surface area (Å²) in [4.78, 5) is 41.1. The number of rotatable bonds is 12. The van der Waals surface area contributed by atoms with Gasteiger partial charge in [0.15, 0.2) is 0 Å². The quantitative estimate of drug-likeness (QED) is 0.151. The topological polar surface area (TPSA) is 131 Å². The zero-order chi connectivity index (χ0) is 35.1. The number of anilines is 1. The van der Waals surface area contributed by atoms with E-state index in [2.05, 4.69) is 25.4 Å². The van der Waals surface area contributed by atoms with Crippen molar-refractivity contribution in [2.75, 3.05) is 32.1 Å². The maximum Gasteiger partial charge on any atom is 0.407 e. The van der Waals surface area contributed by atoms with E-state index < -0.39 is 17.7 Å². The Kier molecular flexibility index (Phi) is 11.4. The summed E-state index contributed by atoms with van der Waals surface area (Å²) >= 11 is 0. The van der Waals surface area contributed by atoms with Crippen molar-refractivity contribution >= 4 is 34.5 Å². The molecule has 1 unspecified atom stereocenters. The van der Waals surface area contributed by atoms with Gasteiger partial charge in [-0.3, -0.25) is 14.7 Å². The molecule has 3 heterocycles. The average molecular weight is 675 g/mol. The van der Waals surface area contributed by atoms with Crippen molar-refractivity contribution < 1.29 is 28.2 Å². The number of piperidine rings is 1. The zero-order valence-corrected chi connectivity index (χ0v) is 29.0. The van der Waals surface area contributed by atoms with Gasteiger partial charge in [0.25, 0.3) is 5.91 Å². The molecular formula is C37H47FN6O5. The zero-order valence-electron chi connectivity index (χ0n) is 29.0. The van der Waals surface area contributed by atoms with Crippen LogP contribution in [0.25, 0.3) is 10.9 Å². The second kappa shape index (κ2) is 15.7. The Bertz CT molecular complexity index is 1750. The van der Waals surface area contributed by atoms with Gasteiger partial charge < -0.3 is 29.6 Å². The van der Waals surface area contributed by atoms with E-state index in [0.717, 1.165) is 41.5 Å². The van der Waals surface area contributed by atoms with Crippen LogP contribution < -0.4 is 10.6 Å². The number of aromatic nitrogens is 3. The van der Waals surface area contributed by atoms with Crippen LogP contribution in [0.1, 0.15) is 79.6 Å². The van der Waals surface area contributed by atoms with Gasteiger partial charge >= 0.3 is 6.09 Å². The lowest BCUT2D eigenvalue weighted by Gasteiger charge is -2.35. The molecule has 49 heavy (non-hydrogen) atoms. The van der Waals surface area contributed by atoms with Gasteiger partial charge in [-0.25, -0.2) is 9.18 Å². The number of halogens is 1. The minimum atomic E-state index is -0.702. The number of benzene rings is 2. The number of hydrogen-bond acceptors (Lipinski definition) is 6. The molecule has 262 valence electrons. The number of carbonyl (C=O) groups is 3. The van der Waals surface area contributed by atoms with Crippen LogP contribution in [-0.4, -0.2) is 76.0 Å². The van der Waals surface area contributed by atoms with Crippen LogP contribution in [-0.2, 0) is 27.2 Å². The Morgan fingerprint density at radius 3 is 2.61 bits per heavy atom. The van der Waals surface area contributed by atoms with E-state index in [0.29, 0.717) is 49.4 Å². The number of methoxy groups -OCH3 is 1. The number of amides is 3. The molecule has 4 aromatic rings. The monoisotopic (exact) mass is 674 g/mol. The second-order valence-electron chi connectivity index (χ2n) is 13.7. The molecule has 1 saturated heterocycles. The molecule has 2 aromatic carbocycles. The average Bonchev–Trinajstić information content (AvgIpc) is 3.69. The van der Waals surface area contributed by atoms with E-state index >= 15 is 4.39 Å². The highest BCUT2D eigenvalue weighted by Gasteiger charge is 2.31. The van der Waals surface area contributed by atoms with Crippen LogP contribution in [0.3, 0.4) is 0 Å². The summed E-state index contributed by atoms with van der Waals surface area (Å²) in [5.74, 6) is -0.570. The molecule has 0 radical (unpaired) electrons. The number of ether oxygens (including phenoxy) is 2. The molecule has 1 fully saturated rings. The molecule has 0 saturated carbocycles. The third-order valence-electron chi connectivity index (χ3n) is 8.82. The van der Waals surface area contributed by atoms with Crippen molar-refractivity contribution in [3.05, 3.63) is 83.1 Å². The third-order valence-corrected chi connectivity index (χ3v) is 8.82. The van der Waals surface area contributed by atoms with Crippen LogP contribution in [0.5, 0.6) is 0 Å². The molecule has 0 spiro atoms. The van der Waals surface area contributed by atoms with Crippen LogP contribution >= 0.6 is 0 Å². The number of alkyl carbamates (subject to hydrolysis) is 1. The lowest BCUT2D eigenvalue weighted by molar-refractivity contribution is -0.132. The first-order valence-electron chi connectivity index (χ1n) is 16.9. The number of hydrogen-bond donors (Lipinski definition) is 3. The fourth-order valence-electron chi connectivity index (χ4n) is 6.68. The van der Waals surface area contributed by atoms with Gasteiger partial charge in [0.1, 0.15) is 11.4 Å². The van der Waals surface area contributed by atoms with Crippen molar-refractivity contribution in [3.63, 3.8) is 0 Å². The number of likely N-dealkylation sites (tertiary alicyclic amines) is 1. The molecule has 11 nitrogen and oxygen atoms in total. The maximum atomic E-state index is 15.2. The molecule has 1 aliphatic rings. The molecule has 1 aliphatic heterocycles. The van der Waals surface area contributed by atoms with Gasteiger partial charge in [0, 0.05) is 74.7 Å². The highest BCUT2D eigenvalue weighted by Crippen LogP contribution is 2.37. The largest absolute Gasteiger partial charge is 0.444 e. The Morgan fingerprint density at radius 1 is 1.14 bits per heavy atom. The third kappa shape index (κ3) is 9.05. The van der Waals surface area contributed by atoms with E-state index in [1.165, 1.54) is 18.5 Å². The van der Waals surface area contributed by atoms with Gasteiger partial charge in [-0.05, 0) is 82.7 Å². The van der Waals surface area contributed by atoms with Crippen molar-refractivity contribution in [3.8, 4) is 0 Å². The fraction of sp³-hybridized carbons (Fsp3) is 0.459. The summed E-state index contributed by atoms with van der Waals surface area (Å²) in [6.07, 6.45) is 5.27. The molecule has 2 aromatic heterocycles. The van der Waals surface area contributed by atoms with Gasteiger partial charge in [0.05, 0.1) is 17.3 Å². The number of fused-ring (bicyclic) bond motifs is 1. The summed E-state index contributed by atoms with van der Waals surface area (Å²) in [5, 5.41) is 13.1.